The van der Waals surface area contributed by atoms with E-state index in [2.05, 4.69) is 17.3 Å². The lowest BCUT2D eigenvalue weighted by atomic mass is 9.47. The number of aromatic nitrogens is 3. The Balaban J connectivity index is 1.36. The lowest BCUT2D eigenvalue weighted by molar-refractivity contribution is -0.0727. The maximum absolute atomic E-state index is 13.8. The highest BCUT2D eigenvalue weighted by molar-refractivity contribution is 6.07. The lowest BCUT2D eigenvalue weighted by Gasteiger charge is -2.59. The molecule has 33 heavy (non-hydrogen) atoms. The number of pyridine rings is 1. The van der Waals surface area contributed by atoms with Crippen LogP contribution >= 0.6 is 0 Å². The molecule has 2 heterocycles. The molecule has 0 saturated heterocycles. The molecule has 1 atom stereocenters. The molecular formula is C28H34N4O. The van der Waals surface area contributed by atoms with Gasteiger partial charge in [0.2, 0.25) is 0 Å². The van der Waals surface area contributed by atoms with Crippen molar-refractivity contribution in [2.75, 3.05) is 0 Å². The van der Waals surface area contributed by atoms with Gasteiger partial charge in [0.15, 0.2) is 0 Å². The summed E-state index contributed by atoms with van der Waals surface area (Å²) >= 11 is 0. The summed E-state index contributed by atoms with van der Waals surface area (Å²) in [4.78, 5) is 18.7. The predicted molar refractivity (Wildman–Crippen MR) is 131 cm³/mol. The molecule has 0 radical (unpaired) electrons. The number of para-hydroxylation sites is 1. The van der Waals surface area contributed by atoms with Gasteiger partial charge in [-0.05, 0) is 87.2 Å². The maximum atomic E-state index is 13.8. The molecule has 4 aliphatic carbocycles. The van der Waals surface area contributed by atoms with Crippen LogP contribution in [-0.2, 0) is 7.05 Å². The van der Waals surface area contributed by atoms with E-state index in [1.54, 1.807) is 4.68 Å². The smallest absolute Gasteiger partial charge is 0.252 e. The van der Waals surface area contributed by atoms with Crippen molar-refractivity contribution in [3.8, 4) is 11.3 Å². The van der Waals surface area contributed by atoms with E-state index in [0.29, 0.717) is 5.41 Å². The van der Waals surface area contributed by atoms with Crippen LogP contribution in [0.2, 0.25) is 0 Å². The van der Waals surface area contributed by atoms with E-state index in [9.17, 15) is 4.79 Å². The van der Waals surface area contributed by atoms with E-state index in [-0.39, 0.29) is 11.9 Å². The third-order valence-electron chi connectivity index (χ3n) is 8.79. The number of hydrogen-bond donors (Lipinski definition) is 1. The molecular weight excluding hydrogens is 408 g/mol. The van der Waals surface area contributed by atoms with Crippen molar-refractivity contribution >= 4 is 16.8 Å². The van der Waals surface area contributed by atoms with Crippen molar-refractivity contribution in [2.24, 2.45) is 30.2 Å². The van der Waals surface area contributed by atoms with Crippen molar-refractivity contribution in [3.63, 3.8) is 0 Å². The van der Waals surface area contributed by atoms with Gasteiger partial charge in [-0.15, -0.1) is 0 Å². The summed E-state index contributed by atoms with van der Waals surface area (Å²) in [6, 6.07) is 10.2. The van der Waals surface area contributed by atoms with E-state index >= 15 is 0 Å². The number of amides is 1. The monoisotopic (exact) mass is 442 g/mol. The first kappa shape index (κ1) is 20.9. The number of nitrogens with zero attached hydrogens (tertiary/aromatic N) is 3. The first-order chi connectivity index (χ1) is 15.9. The van der Waals surface area contributed by atoms with Gasteiger partial charge in [-0.2, -0.15) is 5.10 Å². The van der Waals surface area contributed by atoms with Crippen molar-refractivity contribution < 1.29 is 4.79 Å². The van der Waals surface area contributed by atoms with Crippen LogP contribution in [0.3, 0.4) is 0 Å². The van der Waals surface area contributed by atoms with E-state index in [0.717, 1.165) is 57.6 Å². The molecule has 7 rings (SSSR count). The summed E-state index contributed by atoms with van der Waals surface area (Å²) < 4.78 is 1.81. The third kappa shape index (κ3) is 3.48. The molecule has 5 heteroatoms. The highest BCUT2D eigenvalue weighted by atomic mass is 16.1. The first-order valence-electron chi connectivity index (χ1n) is 12.7. The minimum atomic E-state index is 0.0407. The van der Waals surface area contributed by atoms with Crippen molar-refractivity contribution in [1.82, 2.24) is 20.1 Å². The molecule has 0 unspecified atom stereocenters. The Morgan fingerprint density at radius 3 is 2.42 bits per heavy atom. The Hall–Kier alpha value is -2.69. The molecule has 1 amide bonds. The van der Waals surface area contributed by atoms with Crippen LogP contribution < -0.4 is 5.32 Å². The summed E-state index contributed by atoms with van der Waals surface area (Å²) in [5, 5.41) is 8.95. The van der Waals surface area contributed by atoms with Crippen molar-refractivity contribution in [3.05, 3.63) is 47.8 Å². The fourth-order valence-electron chi connectivity index (χ4n) is 7.88. The summed E-state index contributed by atoms with van der Waals surface area (Å²) in [5.41, 5.74) is 4.59. The molecule has 3 aromatic rings. The standard InChI is InChI=1S/C28H34N4O/c1-4-26(28-13-18-9-19(14-28)11-20(10-18)15-28)30-27(33)22-12-25(23-16-32(3)31-17(23)2)29-24-8-6-5-7-21(22)24/h5-8,12,16,18-20,26H,4,9-11,13-15H2,1-3H3,(H,30,33)/t18?,19?,20?,26-,28?/m0/s1. The zero-order valence-electron chi connectivity index (χ0n) is 20.0. The Morgan fingerprint density at radius 1 is 1.15 bits per heavy atom. The number of hydrogen-bond acceptors (Lipinski definition) is 3. The number of benzene rings is 1. The van der Waals surface area contributed by atoms with Crippen LogP contribution in [0, 0.1) is 30.1 Å². The Labute approximate surface area is 196 Å². The summed E-state index contributed by atoms with van der Waals surface area (Å²) in [6.45, 7) is 4.24. The largest absolute Gasteiger partial charge is 0.349 e. The second kappa shape index (κ2) is 7.68. The summed E-state index contributed by atoms with van der Waals surface area (Å²) in [7, 11) is 1.92. The highest BCUT2D eigenvalue weighted by Gasteiger charge is 2.54. The van der Waals surface area contributed by atoms with Gasteiger partial charge in [0.1, 0.15) is 0 Å². The normalized spacial score (nSPS) is 28.9. The van der Waals surface area contributed by atoms with Gasteiger partial charge in [0.05, 0.1) is 22.5 Å². The highest BCUT2D eigenvalue weighted by Crippen LogP contribution is 2.61. The van der Waals surface area contributed by atoms with Gasteiger partial charge in [0.25, 0.3) is 5.91 Å². The molecule has 0 aliphatic heterocycles. The van der Waals surface area contributed by atoms with Gasteiger partial charge in [-0.1, -0.05) is 25.1 Å². The summed E-state index contributed by atoms with van der Waals surface area (Å²) in [5.74, 6) is 2.68. The first-order valence-corrected chi connectivity index (χ1v) is 12.7. The minimum absolute atomic E-state index is 0.0407. The van der Waals surface area contributed by atoms with E-state index < -0.39 is 0 Å². The Kier molecular flexibility index (Phi) is 4.86. The molecule has 4 saturated carbocycles. The van der Waals surface area contributed by atoms with Gasteiger partial charge in [-0.25, -0.2) is 4.98 Å². The third-order valence-corrected chi connectivity index (χ3v) is 8.79. The number of nitrogens with one attached hydrogen (secondary N) is 1. The molecule has 1 N–H and O–H groups in total. The van der Waals surface area contributed by atoms with Crippen molar-refractivity contribution in [2.45, 2.75) is 64.8 Å². The number of rotatable bonds is 5. The maximum Gasteiger partial charge on any atom is 0.252 e. The molecule has 1 aromatic carbocycles. The average Bonchev–Trinajstić information content (AvgIpc) is 3.13. The van der Waals surface area contributed by atoms with Crippen LogP contribution in [0.5, 0.6) is 0 Å². The van der Waals surface area contributed by atoms with Crippen LogP contribution in [0.15, 0.2) is 36.5 Å². The number of fused-ring (bicyclic) bond motifs is 1. The number of carbonyl (C=O) groups excluding carboxylic acids is 1. The van der Waals surface area contributed by atoms with Crippen LogP contribution in [0.4, 0.5) is 0 Å². The average molecular weight is 443 g/mol. The SMILES string of the molecule is CC[C@H](NC(=O)c1cc(-c2cn(C)nc2C)nc2ccccc12)C12CC3CC(CC(C3)C1)C2. The van der Waals surface area contributed by atoms with Crippen LogP contribution in [-0.4, -0.2) is 26.7 Å². The topological polar surface area (TPSA) is 59.8 Å². The number of carbonyl (C=O) groups is 1. The van der Waals surface area contributed by atoms with Crippen LogP contribution in [0.25, 0.3) is 22.2 Å². The van der Waals surface area contributed by atoms with E-state index in [4.69, 9.17) is 4.98 Å². The zero-order valence-corrected chi connectivity index (χ0v) is 20.0. The Morgan fingerprint density at radius 2 is 1.82 bits per heavy atom. The second-order valence-electron chi connectivity index (χ2n) is 11.1. The fourth-order valence-corrected chi connectivity index (χ4v) is 7.88. The number of aryl methyl sites for hydroxylation is 2. The van der Waals surface area contributed by atoms with Gasteiger partial charge >= 0.3 is 0 Å². The lowest BCUT2D eigenvalue weighted by Crippen LogP contribution is -2.56. The second-order valence-corrected chi connectivity index (χ2v) is 11.1. The molecule has 4 bridgehead atoms. The fraction of sp³-hybridized carbons (Fsp3) is 0.536. The summed E-state index contributed by atoms with van der Waals surface area (Å²) in [6.07, 6.45) is 11.2. The van der Waals surface area contributed by atoms with Crippen molar-refractivity contribution in [1.29, 1.82) is 0 Å². The van der Waals surface area contributed by atoms with E-state index in [1.165, 1.54) is 38.5 Å². The molecule has 0 spiro atoms. The molecule has 4 fully saturated rings. The van der Waals surface area contributed by atoms with Gasteiger partial charge < -0.3 is 5.32 Å². The van der Waals surface area contributed by atoms with Crippen LogP contribution in [0.1, 0.15) is 67.9 Å². The Bertz CT molecular complexity index is 1190. The molecule has 4 aliphatic rings. The van der Waals surface area contributed by atoms with Gasteiger partial charge in [0, 0.05) is 30.2 Å². The molecule has 2 aromatic heterocycles. The molecule has 5 nitrogen and oxygen atoms in total. The quantitative estimate of drug-likeness (QED) is 0.554. The van der Waals surface area contributed by atoms with E-state index in [1.807, 2.05) is 50.5 Å². The predicted octanol–water partition coefficient (Wildman–Crippen LogP) is 5.67. The van der Waals surface area contributed by atoms with Gasteiger partial charge in [-0.3, -0.25) is 9.48 Å². The molecule has 172 valence electrons. The zero-order chi connectivity index (χ0) is 22.7. The minimum Gasteiger partial charge on any atom is -0.349 e.